The fourth-order valence-corrected chi connectivity index (χ4v) is 1.75. The standard InChI is InChI=1S/C10H9FO/c11-9-4-3-7-1-2-8(6-12)10(7)5-9/h3-6,8H,1-2H2. The fraction of sp³-hybridized carbons (Fsp3) is 0.300. The van der Waals surface area contributed by atoms with Gasteiger partial charge in [0, 0.05) is 5.92 Å². The van der Waals surface area contributed by atoms with Crippen LogP contribution in [0.3, 0.4) is 0 Å². The molecule has 1 aliphatic carbocycles. The average Bonchev–Trinajstić information content (AvgIpc) is 2.46. The Hall–Kier alpha value is -1.18. The molecule has 0 saturated heterocycles. The SMILES string of the molecule is O=CC1CCc2ccc(F)cc21. The molecule has 1 aliphatic rings. The number of hydrogen-bond acceptors (Lipinski definition) is 1. The fourth-order valence-electron chi connectivity index (χ4n) is 1.75. The van der Waals surface area contributed by atoms with Crippen molar-refractivity contribution in [1.82, 2.24) is 0 Å². The van der Waals surface area contributed by atoms with E-state index in [1.807, 2.05) is 0 Å². The summed E-state index contributed by atoms with van der Waals surface area (Å²) in [6, 6.07) is 4.70. The van der Waals surface area contributed by atoms with Crippen molar-refractivity contribution in [3.63, 3.8) is 0 Å². The summed E-state index contributed by atoms with van der Waals surface area (Å²) in [5, 5.41) is 0. The molecular weight excluding hydrogens is 155 g/mol. The molecule has 0 bridgehead atoms. The number of aryl methyl sites for hydroxylation is 1. The second kappa shape index (κ2) is 2.70. The molecule has 0 N–H and O–H groups in total. The minimum absolute atomic E-state index is 0.0734. The Morgan fingerprint density at radius 1 is 1.50 bits per heavy atom. The predicted octanol–water partition coefficient (Wildman–Crippen LogP) is 2.05. The van der Waals surface area contributed by atoms with E-state index < -0.39 is 0 Å². The highest BCUT2D eigenvalue weighted by molar-refractivity contribution is 5.65. The van der Waals surface area contributed by atoms with Crippen molar-refractivity contribution >= 4 is 6.29 Å². The smallest absolute Gasteiger partial charge is 0.127 e. The molecule has 2 heteroatoms. The number of rotatable bonds is 1. The Bertz CT molecular complexity index is 320. The summed E-state index contributed by atoms with van der Waals surface area (Å²) >= 11 is 0. The Balaban J connectivity index is 2.49. The summed E-state index contributed by atoms with van der Waals surface area (Å²) in [5.41, 5.74) is 2.00. The van der Waals surface area contributed by atoms with Gasteiger partial charge in [-0.05, 0) is 36.1 Å². The van der Waals surface area contributed by atoms with Gasteiger partial charge in [-0.2, -0.15) is 0 Å². The van der Waals surface area contributed by atoms with Crippen molar-refractivity contribution in [2.45, 2.75) is 18.8 Å². The van der Waals surface area contributed by atoms with Crippen LogP contribution < -0.4 is 0 Å². The van der Waals surface area contributed by atoms with Crippen molar-refractivity contribution < 1.29 is 9.18 Å². The van der Waals surface area contributed by atoms with Crippen LogP contribution in [0.2, 0.25) is 0 Å². The number of halogens is 1. The van der Waals surface area contributed by atoms with Gasteiger partial charge in [0.1, 0.15) is 12.1 Å². The molecule has 0 fully saturated rings. The van der Waals surface area contributed by atoms with E-state index in [-0.39, 0.29) is 11.7 Å². The van der Waals surface area contributed by atoms with Gasteiger partial charge in [-0.15, -0.1) is 0 Å². The molecule has 0 saturated carbocycles. The van der Waals surface area contributed by atoms with E-state index in [1.165, 1.54) is 12.1 Å². The van der Waals surface area contributed by atoms with E-state index in [0.717, 1.165) is 30.3 Å². The molecule has 2 rings (SSSR count). The van der Waals surface area contributed by atoms with Crippen LogP contribution in [-0.4, -0.2) is 6.29 Å². The van der Waals surface area contributed by atoms with E-state index in [0.29, 0.717) is 0 Å². The Morgan fingerprint density at radius 2 is 2.33 bits per heavy atom. The summed E-state index contributed by atoms with van der Waals surface area (Å²) in [6.45, 7) is 0. The largest absolute Gasteiger partial charge is 0.303 e. The van der Waals surface area contributed by atoms with Gasteiger partial charge in [0.15, 0.2) is 0 Å². The van der Waals surface area contributed by atoms with Gasteiger partial charge in [0.2, 0.25) is 0 Å². The van der Waals surface area contributed by atoms with Crippen molar-refractivity contribution in [3.8, 4) is 0 Å². The number of carbonyl (C=O) groups is 1. The van der Waals surface area contributed by atoms with Crippen LogP contribution in [0.25, 0.3) is 0 Å². The van der Waals surface area contributed by atoms with E-state index in [9.17, 15) is 9.18 Å². The van der Waals surface area contributed by atoms with Crippen LogP contribution in [0.1, 0.15) is 23.5 Å². The molecule has 0 spiro atoms. The quantitative estimate of drug-likeness (QED) is 0.580. The lowest BCUT2D eigenvalue weighted by Crippen LogP contribution is -1.94. The predicted molar refractivity (Wildman–Crippen MR) is 43.5 cm³/mol. The zero-order chi connectivity index (χ0) is 8.55. The molecule has 62 valence electrons. The first-order valence-electron chi connectivity index (χ1n) is 4.05. The maximum absolute atomic E-state index is 12.8. The molecule has 1 nitrogen and oxygen atoms in total. The second-order valence-electron chi connectivity index (χ2n) is 3.12. The van der Waals surface area contributed by atoms with E-state index in [4.69, 9.17) is 0 Å². The highest BCUT2D eigenvalue weighted by Gasteiger charge is 2.21. The van der Waals surface area contributed by atoms with Gasteiger partial charge in [-0.25, -0.2) is 4.39 Å². The lowest BCUT2D eigenvalue weighted by molar-refractivity contribution is -0.109. The number of hydrogen-bond donors (Lipinski definition) is 0. The maximum Gasteiger partial charge on any atom is 0.127 e. The van der Waals surface area contributed by atoms with Crippen molar-refractivity contribution in [2.24, 2.45) is 0 Å². The first-order chi connectivity index (χ1) is 5.81. The molecule has 0 amide bonds. The first kappa shape index (κ1) is 7.47. The monoisotopic (exact) mass is 164 g/mol. The third-order valence-electron chi connectivity index (χ3n) is 2.40. The van der Waals surface area contributed by atoms with E-state index >= 15 is 0 Å². The lowest BCUT2D eigenvalue weighted by Gasteiger charge is -2.01. The summed E-state index contributed by atoms with van der Waals surface area (Å²) in [5.74, 6) is -0.321. The zero-order valence-electron chi connectivity index (χ0n) is 6.59. The van der Waals surface area contributed by atoms with Gasteiger partial charge >= 0.3 is 0 Å². The summed E-state index contributed by atoms with van der Waals surface area (Å²) < 4.78 is 12.8. The van der Waals surface area contributed by atoms with Gasteiger partial charge < -0.3 is 4.79 Å². The molecule has 0 radical (unpaired) electrons. The minimum Gasteiger partial charge on any atom is -0.303 e. The molecule has 1 atom stereocenters. The lowest BCUT2D eigenvalue weighted by atomic mass is 10.0. The number of aldehydes is 1. The van der Waals surface area contributed by atoms with Crippen molar-refractivity contribution in [2.75, 3.05) is 0 Å². The molecule has 1 aromatic carbocycles. The Morgan fingerprint density at radius 3 is 3.08 bits per heavy atom. The Kier molecular flexibility index (Phi) is 1.68. The number of fused-ring (bicyclic) bond motifs is 1. The van der Waals surface area contributed by atoms with Gasteiger partial charge in [0.25, 0.3) is 0 Å². The third-order valence-corrected chi connectivity index (χ3v) is 2.40. The summed E-state index contributed by atoms with van der Waals surface area (Å²) in [4.78, 5) is 10.6. The van der Waals surface area contributed by atoms with E-state index in [2.05, 4.69) is 0 Å². The van der Waals surface area contributed by atoms with Gasteiger partial charge in [0.05, 0.1) is 0 Å². The molecule has 0 heterocycles. The number of benzene rings is 1. The molecule has 1 aromatic rings. The topological polar surface area (TPSA) is 17.1 Å². The van der Waals surface area contributed by atoms with Crippen LogP contribution in [-0.2, 0) is 11.2 Å². The average molecular weight is 164 g/mol. The molecule has 0 aliphatic heterocycles. The second-order valence-corrected chi connectivity index (χ2v) is 3.12. The Labute approximate surface area is 70.2 Å². The van der Waals surface area contributed by atoms with Crippen LogP contribution >= 0.6 is 0 Å². The summed E-state index contributed by atoms with van der Waals surface area (Å²) in [6.07, 6.45) is 2.65. The number of carbonyl (C=O) groups excluding carboxylic acids is 1. The first-order valence-corrected chi connectivity index (χ1v) is 4.05. The van der Waals surface area contributed by atoms with Gasteiger partial charge in [-0.1, -0.05) is 6.07 Å². The molecule has 1 unspecified atom stereocenters. The van der Waals surface area contributed by atoms with E-state index in [1.54, 1.807) is 6.07 Å². The highest BCUT2D eigenvalue weighted by Crippen LogP contribution is 2.31. The summed E-state index contributed by atoms with van der Waals surface area (Å²) in [7, 11) is 0. The van der Waals surface area contributed by atoms with Crippen LogP contribution in [0.5, 0.6) is 0 Å². The highest BCUT2D eigenvalue weighted by atomic mass is 19.1. The molecule has 12 heavy (non-hydrogen) atoms. The van der Waals surface area contributed by atoms with Crippen LogP contribution in [0, 0.1) is 5.82 Å². The normalized spacial score (nSPS) is 20.6. The van der Waals surface area contributed by atoms with Gasteiger partial charge in [-0.3, -0.25) is 0 Å². The molecular formula is C10H9FO. The van der Waals surface area contributed by atoms with Crippen LogP contribution in [0.15, 0.2) is 18.2 Å². The maximum atomic E-state index is 12.8. The van der Waals surface area contributed by atoms with Crippen molar-refractivity contribution in [1.29, 1.82) is 0 Å². The molecule has 0 aromatic heterocycles. The minimum atomic E-state index is -0.248. The zero-order valence-corrected chi connectivity index (χ0v) is 6.59. The van der Waals surface area contributed by atoms with Crippen molar-refractivity contribution in [3.05, 3.63) is 35.1 Å². The van der Waals surface area contributed by atoms with Crippen LogP contribution in [0.4, 0.5) is 4.39 Å². The third kappa shape index (κ3) is 1.04.